The van der Waals surface area contributed by atoms with Crippen LogP contribution in [-0.4, -0.2) is 54.7 Å². The number of hydrazone groups is 1. The van der Waals surface area contributed by atoms with Gasteiger partial charge in [0.25, 0.3) is 5.91 Å². The number of benzene rings is 2. The molecule has 0 radical (unpaired) electrons. The third-order valence-electron chi connectivity index (χ3n) is 3.91. The Hall–Kier alpha value is -3.53. The van der Waals surface area contributed by atoms with E-state index in [1.54, 1.807) is 0 Å². The van der Waals surface area contributed by atoms with Crippen molar-refractivity contribution in [3.63, 3.8) is 0 Å². The van der Waals surface area contributed by atoms with Gasteiger partial charge < -0.3 is 14.2 Å². The van der Waals surface area contributed by atoms with E-state index in [9.17, 15) is 40.6 Å². The van der Waals surface area contributed by atoms with Gasteiger partial charge in [-0.25, -0.2) is 21.6 Å². The molecule has 1 heterocycles. The van der Waals surface area contributed by atoms with Gasteiger partial charge in [0.2, 0.25) is 6.04 Å². The molecule has 31 heavy (non-hydrogen) atoms. The number of rotatable bonds is 6. The average molecular weight is 466 g/mol. The van der Waals surface area contributed by atoms with Crippen molar-refractivity contribution in [3.8, 4) is 0 Å². The Bertz CT molecular complexity index is 1320. The van der Waals surface area contributed by atoms with Crippen LogP contribution in [0.1, 0.15) is 0 Å². The van der Waals surface area contributed by atoms with Gasteiger partial charge in [-0.1, -0.05) is 0 Å². The van der Waals surface area contributed by atoms with Crippen molar-refractivity contribution in [2.75, 3.05) is 5.01 Å². The predicted molar refractivity (Wildman–Crippen MR) is 99.7 cm³/mol. The molecule has 1 N–H and O–H groups in total. The maximum Gasteiger partial charge on any atom is 0.355 e. The molecule has 1 amide bonds. The van der Waals surface area contributed by atoms with Crippen LogP contribution in [0, 0.1) is 0 Å². The summed E-state index contributed by atoms with van der Waals surface area (Å²) >= 11 is 0. The molecule has 2 aromatic rings. The standard InChI is InChI=1S/C16H12N4O9S2/c21-15-13(18-17-9-1-5-11(6-2-9)30(24,25)26)14(16(22)23)19-20(15)10-3-7-12(8-4-10)31(27,28)29/h1-8,13H,(H,22,23)(H,24,25,26)(H,27,28,29)/p-2. The van der Waals surface area contributed by atoms with Gasteiger partial charge in [-0.2, -0.15) is 20.3 Å². The first-order chi connectivity index (χ1) is 14.4. The van der Waals surface area contributed by atoms with Crippen molar-refractivity contribution in [1.82, 2.24) is 0 Å². The van der Waals surface area contributed by atoms with E-state index in [0.717, 1.165) is 48.5 Å². The molecular formula is C16H10N4O9S2-2. The van der Waals surface area contributed by atoms with Crippen LogP contribution in [0.25, 0.3) is 0 Å². The largest absolute Gasteiger partial charge is 0.744 e. The van der Waals surface area contributed by atoms with Crippen LogP contribution < -0.4 is 5.01 Å². The summed E-state index contributed by atoms with van der Waals surface area (Å²) in [5, 5.41) is 21.0. The van der Waals surface area contributed by atoms with E-state index in [1.807, 2.05) is 0 Å². The summed E-state index contributed by atoms with van der Waals surface area (Å²) in [6.45, 7) is 0. The van der Waals surface area contributed by atoms with E-state index >= 15 is 0 Å². The number of hydrogen-bond donors (Lipinski definition) is 1. The van der Waals surface area contributed by atoms with E-state index in [0.29, 0.717) is 5.01 Å². The summed E-state index contributed by atoms with van der Waals surface area (Å²) in [5.41, 5.74) is -0.653. The number of carboxylic acids is 1. The second-order valence-corrected chi connectivity index (χ2v) is 8.71. The van der Waals surface area contributed by atoms with Gasteiger partial charge in [0.15, 0.2) is 5.71 Å². The third-order valence-corrected chi connectivity index (χ3v) is 5.61. The highest BCUT2D eigenvalue weighted by Gasteiger charge is 2.41. The Kier molecular flexibility index (Phi) is 5.68. The Morgan fingerprint density at radius 3 is 1.87 bits per heavy atom. The SMILES string of the molecule is O=C(O)C1=NN(c2ccc(S(=O)(=O)[O-])cc2)C(=O)C1N=Nc1ccc(S(=O)(=O)[O-])cc1. The molecule has 1 aliphatic rings. The molecule has 1 atom stereocenters. The lowest BCUT2D eigenvalue weighted by Gasteiger charge is -2.13. The summed E-state index contributed by atoms with van der Waals surface area (Å²) < 4.78 is 65.8. The van der Waals surface area contributed by atoms with Gasteiger partial charge in [0, 0.05) is 0 Å². The van der Waals surface area contributed by atoms with Crippen molar-refractivity contribution in [2.45, 2.75) is 15.8 Å². The number of carbonyl (C=O) groups excluding carboxylic acids is 1. The minimum absolute atomic E-state index is 0.0149. The Morgan fingerprint density at radius 2 is 1.42 bits per heavy atom. The molecule has 1 aliphatic heterocycles. The van der Waals surface area contributed by atoms with Crippen molar-refractivity contribution >= 4 is 49.2 Å². The Balaban J connectivity index is 1.88. The molecule has 0 aromatic heterocycles. The van der Waals surface area contributed by atoms with E-state index in [-0.39, 0.29) is 11.4 Å². The topological polar surface area (TPSA) is 209 Å². The molecular weight excluding hydrogens is 456 g/mol. The molecule has 162 valence electrons. The summed E-state index contributed by atoms with van der Waals surface area (Å²) in [6.07, 6.45) is 0. The second-order valence-electron chi connectivity index (χ2n) is 5.95. The Morgan fingerprint density at radius 1 is 0.935 bits per heavy atom. The van der Waals surface area contributed by atoms with Crippen LogP contribution in [0.5, 0.6) is 0 Å². The number of amides is 1. The summed E-state index contributed by atoms with van der Waals surface area (Å²) in [6, 6.07) is 6.59. The summed E-state index contributed by atoms with van der Waals surface area (Å²) in [7, 11) is -9.38. The van der Waals surface area contributed by atoms with Gasteiger partial charge >= 0.3 is 5.97 Å². The first-order valence-corrected chi connectivity index (χ1v) is 10.9. The van der Waals surface area contributed by atoms with Gasteiger partial charge in [0.05, 0.1) is 21.2 Å². The second kappa shape index (κ2) is 7.95. The summed E-state index contributed by atoms with van der Waals surface area (Å²) in [5.74, 6) is -2.48. The first kappa shape index (κ1) is 22.2. The smallest absolute Gasteiger partial charge is 0.355 e. The van der Waals surface area contributed by atoms with Crippen LogP contribution in [0.4, 0.5) is 11.4 Å². The monoisotopic (exact) mass is 466 g/mol. The molecule has 0 aliphatic carbocycles. The lowest BCUT2D eigenvalue weighted by molar-refractivity contribution is -0.130. The molecule has 1 unspecified atom stereocenters. The first-order valence-electron chi connectivity index (χ1n) is 8.06. The van der Waals surface area contributed by atoms with Crippen LogP contribution in [0.2, 0.25) is 0 Å². The molecule has 0 saturated carbocycles. The highest BCUT2D eigenvalue weighted by molar-refractivity contribution is 7.86. The highest BCUT2D eigenvalue weighted by Crippen LogP contribution is 2.25. The minimum Gasteiger partial charge on any atom is -0.744 e. The van der Waals surface area contributed by atoms with E-state index in [2.05, 4.69) is 15.3 Å². The van der Waals surface area contributed by atoms with Crippen molar-refractivity contribution in [1.29, 1.82) is 0 Å². The fourth-order valence-electron chi connectivity index (χ4n) is 2.45. The average Bonchev–Trinajstić information content (AvgIpc) is 3.02. The normalized spacial score (nSPS) is 17.2. The zero-order valence-corrected chi connectivity index (χ0v) is 16.6. The molecule has 2 aromatic carbocycles. The van der Waals surface area contributed by atoms with Crippen molar-refractivity contribution in [3.05, 3.63) is 48.5 Å². The fourth-order valence-corrected chi connectivity index (χ4v) is 3.39. The maximum atomic E-state index is 12.6. The highest BCUT2D eigenvalue weighted by atomic mass is 32.2. The summed E-state index contributed by atoms with van der Waals surface area (Å²) in [4.78, 5) is 23.0. The van der Waals surface area contributed by atoms with Gasteiger partial charge in [-0.15, -0.1) is 0 Å². The number of azo groups is 1. The number of nitrogens with zero attached hydrogens (tertiary/aromatic N) is 4. The zero-order valence-electron chi connectivity index (χ0n) is 15.0. The molecule has 13 nitrogen and oxygen atoms in total. The van der Waals surface area contributed by atoms with E-state index in [1.165, 1.54) is 0 Å². The maximum absolute atomic E-state index is 12.6. The minimum atomic E-state index is -4.72. The molecule has 15 heteroatoms. The number of hydrogen-bond acceptors (Lipinski definition) is 11. The fraction of sp³-hybridized carbons (Fsp3) is 0.0625. The molecule has 0 spiro atoms. The van der Waals surface area contributed by atoms with Crippen molar-refractivity contribution in [2.24, 2.45) is 15.3 Å². The van der Waals surface area contributed by atoms with Gasteiger partial charge in [-0.05, 0) is 48.5 Å². The number of aliphatic carboxylic acids is 1. The molecule has 0 bridgehead atoms. The van der Waals surface area contributed by atoms with Crippen LogP contribution in [0.15, 0.2) is 73.7 Å². The van der Waals surface area contributed by atoms with Crippen LogP contribution >= 0.6 is 0 Å². The zero-order chi connectivity index (χ0) is 23.0. The van der Waals surface area contributed by atoms with Crippen LogP contribution in [-0.2, 0) is 29.8 Å². The van der Waals surface area contributed by atoms with E-state index in [4.69, 9.17) is 0 Å². The van der Waals surface area contributed by atoms with Crippen molar-refractivity contribution < 1.29 is 40.6 Å². The van der Waals surface area contributed by atoms with Gasteiger partial charge in [-0.3, -0.25) is 4.79 Å². The number of carbonyl (C=O) groups is 2. The molecule has 3 rings (SSSR count). The lowest BCUT2D eigenvalue weighted by Crippen LogP contribution is -2.33. The molecule has 0 fully saturated rings. The number of carboxylic acid groups (broad SMARTS) is 1. The lowest BCUT2D eigenvalue weighted by atomic mass is 10.2. The van der Waals surface area contributed by atoms with E-state index < -0.39 is 53.7 Å². The van der Waals surface area contributed by atoms with Gasteiger partial charge in [0.1, 0.15) is 20.2 Å². The molecule has 0 saturated heterocycles. The Labute approximate surface area is 174 Å². The predicted octanol–water partition coefficient (Wildman–Crippen LogP) is 0.434. The third kappa shape index (κ3) is 4.80. The number of anilines is 1. The quantitative estimate of drug-likeness (QED) is 0.461. The van der Waals surface area contributed by atoms with Crippen LogP contribution in [0.3, 0.4) is 0 Å².